The number of anilines is 3. The lowest BCUT2D eigenvalue weighted by Crippen LogP contribution is -2.48. The average molecular weight is 524 g/mol. The van der Waals surface area contributed by atoms with Crippen LogP contribution in [0.15, 0.2) is 54.7 Å². The van der Waals surface area contributed by atoms with Crippen molar-refractivity contribution in [1.82, 2.24) is 19.9 Å². The van der Waals surface area contributed by atoms with Crippen LogP contribution in [-0.4, -0.2) is 72.6 Å². The molecule has 0 unspecified atom stereocenters. The van der Waals surface area contributed by atoms with Crippen molar-refractivity contribution in [2.75, 3.05) is 61.9 Å². The first-order valence-corrected chi connectivity index (χ1v) is 12.5. The number of benzene rings is 2. The van der Waals surface area contributed by atoms with Gasteiger partial charge in [-0.05, 0) is 42.5 Å². The fraction of sp³-hybridized carbons (Fsp3) is 0.269. The fourth-order valence-electron chi connectivity index (χ4n) is 4.38. The number of fused-ring (bicyclic) bond motifs is 1. The molecule has 0 atom stereocenters. The van der Waals surface area contributed by atoms with Gasteiger partial charge < -0.3 is 20.1 Å². The SMILES string of the molecule is CN(C)c1ccc(-c2nc3ncc(Cl)c(N4CCN(CC(=O)Nc5cccc(Cl)c5)CC4)c3[nH]2)cc1. The largest absolute Gasteiger partial charge is 0.378 e. The fourth-order valence-corrected chi connectivity index (χ4v) is 4.84. The predicted molar refractivity (Wildman–Crippen MR) is 147 cm³/mol. The highest BCUT2D eigenvalue weighted by Gasteiger charge is 2.24. The standard InChI is InChI=1S/C26H27Cl2N7O/c1-33(2)20-8-6-17(7-9-20)25-31-23-24(21(28)15-29-26(23)32-25)35-12-10-34(11-13-35)16-22(36)30-19-5-3-4-18(27)14-19/h3-9,14-15H,10-13,16H2,1-2H3,(H,30,36)(H,29,31,32). The minimum absolute atomic E-state index is 0.0615. The molecule has 1 aliphatic rings. The van der Waals surface area contributed by atoms with E-state index >= 15 is 0 Å². The zero-order chi connectivity index (χ0) is 25.2. The van der Waals surface area contributed by atoms with Crippen molar-refractivity contribution >= 4 is 57.3 Å². The van der Waals surface area contributed by atoms with Crippen LogP contribution >= 0.6 is 23.2 Å². The lowest BCUT2D eigenvalue weighted by Gasteiger charge is -2.36. The van der Waals surface area contributed by atoms with Crippen molar-refractivity contribution in [2.45, 2.75) is 0 Å². The summed E-state index contributed by atoms with van der Waals surface area (Å²) < 4.78 is 0. The highest BCUT2D eigenvalue weighted by Crippen LogP contribution is 2.34. The van der Waals surface area contributed by atoms with E-state index in [9.17, 15) is 4.79 Å². The van der Waals surface area contributed by atoms with Crippen LogP contribution in [0.2, 0.25) is 10.0 Å². The minimum atomic E-state index is -0.0615. The summed E-state index contributed by atoms with van der Waals surface area (Å²) in [7, 11) is 4.03. The second-order valence-electron chi connectivity index (χ2n) is 9.00. The topological polar surface area (TPSA) is 80.4 Å². The molecule has 2 N–H and O–H groups in total. The Bertz CT molecular complexity index is 1380. The molecule has 36 heavy (non-hydrogen) atoms. The Labute approximate surface area is 219 Å². The van der Waals surface area contributed by atoms with Crippen LogP contribution < -0.4 is 15.1 Å². The molecule has 0 saturated carbocycles. The first-order valence-electron chi connectivity index (χ1n) is 11.7. The highest BCUT2D eigenvalue weighted by atomic mass is 35.5. The van der Waals surface area contributed by atoms with Gasteiger partial charge in [-0.1, -0.05) is 29.3 Å². The van der Waals surface area contributed by atoms with Gasteiger partial charge in [-0.3, -0.25) is 9.69 Å². The van der Waals surface area contributed by atoms with Crippen molar-refractivity contribution in [3.8, 4) is 11.4 Å². The van der Waals surface area contributed by atoms with Crippen LogP contribution in [-0.2, 0) is 4.79 Å². The molecule has 1 aliphatic heterocycles. The molecular formula is C26H27Cl2N7O. The van der Waals surface area contributed by atoms with Gasteiger partial charge in [0.1, 0.15) is 11.3 Å². The zero-order valence-corrected chi connectivity index (χ0v) is 21.6. The predicted octanol–water partition coefficient (Wildman–Crippen LogP) is 4.76. The van der Waals surface area contributed by atoms with E-state index < -0.39 is 0 Å². The Kier molecular flexibility index (Phi) is 7.00. The molecule has 0 bridgehead atoms. The van der Waals surface area contributed by atoms with E-state index in [4.69, 9.17) is 28.2 Å². The molecule has 0 radical (unpaired) electrons. The molecule has 1 fully saturated rings. The van der Waals surface area contributed by atoms with Crippen molar-refractivity contribution < 1.29 is 4.79 Å². The molecule has 1 amide bonds. The molecule has 5 rings (SSSR count). The Morgan fingerprint density at radius 1 is 1.08 bits per heavy atom. The summed E-state index contributed by atoms with van der Waals surface area (Å²) in [5.41, 5.74) is 5.15. The highest BCUT2D eigenvalue weighted by molar-refractivity contribution is 6.34. The van der Waals surface area contributed by atoms with Crippen molar-refractivity contribution in [3.63, 3.8) is 0 Å². The number of imidazole rings is 1. The van der Waals surface area contributed by atoms with E-state index in [-0.39, 0.29) is 5.91 Å². The van der Waals surface area contributed by atoms with Gasteiger partial charge in [-0.2, -0.15) is 0 Å². The van der Waals surface area contributed by atoms with Gasteiger partial charge in [0.2, 0.25) is 5.91 Å². The number of rotatable bonds is 6. The van der Waals surface area contributed by atoms with Crippen molar-refractivity contribution in [2.24, 2.45) is 0 Å². The molecule has 4 aromatic rings. The number of nitrogens with one attached hydrogen (secondary N) is 2. The number of piperazine rings is 1. The van der Waals surface area contributed by atoms with Gasteiger partial charge in [-0.25, -0.2) is 9.97 Å². The maximum Gasteiger partial charge on any atom is 0.238 e. The smallest absolute Gasteiger partial charge is 0.238 e. The van der Waals surface area contributed by atoms with Gasteiger partial charge in [0, 0.05) is 62.2 Å². The summed E-state index contributed by atoms with van der Waals surface area (Å²) in [6.45, 7) is 3.24. The molecule has 2 aromatic carbocycles. The van der Waals surface area contributed by atoms with Crippen molar-refractivity contribution in [1.29, 1.82) is 0 Å². The Morgan fingerprint density at radius 2 is 1.83 bits per heavy atom. The first-order chi connectivity index (χ1) is 17.4. The number of halogens is 2. The molecule has 8 nitrogen and oxygen atoms in total. The molecule has 10 heteroatoms. The number of pyridine rings is 1. The van der Waals surface area contributed by atoms with E-state index in [1.165, 1.54) is 0 Å². The minimum Gasteiger partial charge on any atom is -0.378 e. The van der Waals surface area contributed by atoms with E-state index in [1.807, 2.05) is 38.4 Å². The van der Waals surface area contributed by atoms with Gasteiger partial charge in [0.15, 0.2) is 5.65 Å². The van der Waals surface area contributed by atoms with Crippen LogP contribution in [0.25, 0.3) is 22.6 Å². The van der Waals surface area contributed by atoms with Crippen LogP contribution in [0, 0.1) is 0 Å². The number of hydrogen-bond acceptors (Lipinski definition) is 6. The van der Waals surface area contributed by atoms with Crippen LogP contribution in [0.3, 0.4) is 0 Å². The van der Waals surface area contributed by atoms with Gasteiger partial charge in [0.25, 0.3) is 0 Å². The molecule has 3 heterocycles. The van der Waals surface area contributed by atoms with E-state index in [0.29, 0.717) is 27.9 Å². The second-order valence-corrected chi connectivity index (χ2v) is 9.85. The van der Waals surface area contributed by atoms with E-state index in [2.05, 4.69) is 42.1 Å². The zero-order valence-electron chi connectivity index (χ0n) is 20.1. The van der Waals surface area contributed by atoms with Gasteiger partial charge >= 0.3 is 0 Å². The number of amides is 1. The summed E-state index contributed by atoms with van der Waals surface area (Å²) in [6.07, 6.45) is 1.66. The average Bonchev–Trinajstić information content (AvgIpc) is 3.29. The van der Waals surface area contributed by atoms with Crippen LogP contribution in [0.1, 0.15) is 0 Å². The third kappa shape index (κ3) is 5.26. The molecule has 0 spiro atoms. The number of carbonyl (C=O) groups excluding carboxylic acids is 1. The molecular weight excluding hydrogens is 497 g/mol. The lowest BCUT2D eigenvalue weighted by molar-refractivity contribution is -0.117. The maximum atomic E-state index is 12.5. The summed E-state index contributed by atoms with van der Waals surface area (Å²) in [5, 5.41) is 4.08. The normalized spacial score (nSPS) is 14.3. The number of H-pyrrole nitrogens is 1. The molecule has 1 saturated heterocycles. The van der Waals surface area contributed by atoms with Gasteiger partial charge in [-0.15, -0.1) is 0 Å². The van der Waals surface area contributed by atoms with Crippen molar-refractivity contribution in [3.05, 3.63) is 64.8 Å². The molecule has 186 valence electrons. The number of aromatic nitrogens is 3. The van der Waals surface area contributed by atoms with Crippen LogP contribution in [0.5, 0.6) is 0 Å². The van der Waals surface area contributed by atoms with E-state index in [0.717, 1.165) is 54.5 Å². The Morgan fingerprint density at radius 3 is 2.53 bits per heavy atom. The third-order valence-corrected chi connectivity index (χ3v) is 6.78. The number of hydrogen-bond donors (Lipinski definition) is 2. The monoisotopic (exact) mass is 523 g/mol. The lowest BCUT2D eigenvalue weighted by atomic mass is 10.2. The summed E-state index contributed by atoms with van der Waals surface area (Å²) >= 11 is 12.6. The maximum absolute atomic E-state index is 12.5. The summed E-state index contributed by atoms with van der Waals surface area (Å²) in [4.78, 5) is 31.5. The Hall–Kier alpha value is -3.33. The van der Waals surface area contributed by atoms with Gasteiger partial charge in [0.05, 0.1) is 23.5 Å². The molecule has 0 aliphatic carbocycles. The second kappa shape index (κ2) is 10.3. The third-order valence-electron chi connectivity index (χ3n) is 6.27. The van der Waals surface area contributed by atoms with E-state index in [1.54, 1.807) is 18.3 Å². The Balaban J connectivity index is 1.28. The summed E-state index contributed by atoms with van der Waals surface area (Å²) in [5.74, 6) is 0.691. The van der Waals surface area contributed by atoms with Crippen LogP contribution in [0.4, 0.5) is 17.1 Å². The molecule has 2 aromatic heterocycles. The number of nitrogens with zero attached hydrogens (tertiary/aromatic N) is 5. The first kappa shape index (κ1) is 24.4. The number of carbonyl (C=O) groups is 1. The summed E-state index contributed by atoms with van der Waals surface area (Å²) in [6, 6.07) is 15.4. The number of aromatic amines is 1. The quantitative estimate of drug-likeness (QED) is 0.379.